The first-order valence-corrected chi connectivity index (χ1v) is 14.8. The van der Waals surface area contributed by atoms with Crippen molar-refractivity contribution >= 4 is 53.7 Å². The lowest BCUT2D eigenvalue weighted by molar-refractivity contribution is -0.110. The number of carbonyl (C=O) groups excluding carboxylic acids is 2. The number of piperidine rings is 1. The van der Waals surface area contributed by atoms with Crippen LogP contribution < -0.4 is 16.0 Å². The SMILES string of the molecule is CC(C)(C)O.CSN1CCC(NC=O)CC1.O=CNc1cc(Cl)ccc1C1CNCC1c1cccc(Cl)c1F. The number of anilines is 1. The standard InChI is InChI=1S/C17H15Cl2FN2O.C7H14N2OS.C4H10O/c18-10-4-5-11(16(6-10)22-9-23)13-7-21-8-14(13)12-2-1-3-15(19)17(12)20;1-11-9-4-2-7(3-5-9)8-6-10;1-4(2,3)5/h1-6,9,13-14,21H,7-8H2,(H,22,23);6-7H,2-5H2,1H3,(H,8,10);5H,1-3H3. The van der Waals surface area contributed by atoms with Gasteiger partial charge in [0.25, 0.3) is 0 Å². The summed E-state index contributed by atoms with van der Waals surface area (Å²) in [6.45, 7) is 8.74. The molecular formula is C28H39Cl2FN4O3S. The second-order valence-corrected chi connectivity index (χ2v) is 12.1. The molecule has 2 aliphatic heterocycles. The van der Waals surface area contributed by atoms with Crippen LogP contribution in [0.3, 0.4) is 0 Å². The lowest BCUT2D eigenvalue weighted by Crippen LogP contribution is -2.39. The van der Waals surface area contributed by atoms with E-state index in [1.165, 1.54) is 0 Å². The van der Waals surface area contributed by atoms with Gasteiger partial charge in [-0.25, -0.2) is 4.39 Å². The summed E-state index contributed by atoms with van der Waals surface area (Å²) in [6.07, 6.45) is 5.68. The Morgan fingerprint density at radius 2 is 1.67 bits per heavy atom. The highest BCUT2D eigenvalue weighted by Crippen LogP contribution is 2.41. The molecule has 4 rings (SSSR count). The quantitative estimate of drug-likeness (QED) is 0.250. The zero-order chi connectivity index (χ0) is 29.0. The summed E-state index contributed by atoms with van der Waals surface area (Å²) >= 11 is 13.7. The monoisotopic (exact) mass is 600 g/mol. The van der Waals surface area contributed by atoms with Crippen LogP contribution in [-0.4, -0.2) is 66.3 Å². The number of hydrogen-bond donors (Lipinski definition) is 4. The van der Waals surface area contributed by atoms with Crippen molar-refractivity contribution in [1.29, 1.82) is 0 Å². The number of nitrogens with one attached hydrogen (secondary N) is 3. The lowest BCUT2D eigenvalue weighted by atomic mass is 9.83. The summed E-state index contributed by atoms with van der Waals surface area (Å²) in [4.78, 5) is 20.9. The number of hydrogen-bond acceptors (Lipinski definition) is 6. The fraction of sp³-hybridized carbons (Fsp3) is 0.500. The number of benzene rings is 2. The molecule has 0 saturated carbocycles. The van der Waals surface area contributed by atoms with Crippen LogP contribution >= 0.6 is 35.1 Å². The Bertz CT molecular complexity index is 1060. The molecule has 216 valence electrons. The molecule has 2 atom stereocenters. The van der Waals surface area contributed by atoms with Crippen molar-refractivity contribution in [3.63, 3.8) is 0 Å². The largest absolute Gasteiger partial charge is 0.391 e. The maximum absolute atomic E-state index is 14.4. The van der Waals surface area contributed by atoms with E-state index in [1.807, 2.05) is 6.07 Å². The molecule has 11 heteroatoms. The second kappa shape index (κ2) is 16.4. The molecule has 39 heavy (non-hydrogen) atoms. The normalized spacial score (nSPS) is 19.7. The molecule has 0 bridgehead atoms. The van der Waals surface area contributed by atoms with Crippen LogP contribution in [0.1, 0.15) is 56.6 Å². The summed E-state index contributed by atoms with van der Waals surface area (Å²) in [5, 5.41) is 18.0. The minimum atomic E-state index is -0.500. The molecule has 7 nitrogen and oxygen atoms in total. The molecule has 2 aromatic carbocycles. The van der Waals surface area contributed by atoms with Crippen LogP contribution in [0.25, 0.3) is 0 Å². The zero-order valence-corrected chi connectivity index (χ0v) is 25.2. The summed E-state index contributed by atoms with van der Waals surface area (Å²) in [5.41, 5.74) is 1.66. The molecule has 2 saturated heterocycles. The van der Waals surface area contributed by atoms with Gasteiger partial charge >= 0.3 is 0 Å². The van der Waals surface area contributed by atoms with Crippen LogP contribution in [0.2, 0.25) is 10.0 Å². The van der Waals surface area contributed by atoms with Crippen molar-refractivity contribution < 1.29 is 19.1 Å². The van der Waals surface area contributed by atoms with Crippen molar-refractivity contribution in [3.8, 4) is 0 Å². The number of nitrogens with zero attached hydrogens (tertiary/aromatic N) is 1. The molecule has 4 N–H and O–H groups in total. The molecule has 2 unspecified atom stereocenters. The first-order chi connectivity index (χ1) is 18.5. The number of amides is 2. The third-order valence-electron chi connectivity index (χ3n) is 6.24. The van der Waals surface area contributed by atoms with E-state index in [0.717, 1.165) is 37.9 Å². The van der Waals surface area contributed by atoms with Gasteiger partial charge in [0.05, 0.1) is 10.6 Å². The van der Waals surface area contributed by atoms with Crippen molar-refractivity contribution in [2.75, 3.05) is 37.8 Å². The van der Waals surface area contributed by atoms with E-state index in [9.17, 15) is 14.0 Å². The average molecular weight is 602 g/mol. The van der Waals surface area contributed by atoms with E-state index < -0.39 is 5.60 Å². The average Bonchev–Trinajstić information content (AvgIpc) is 3.35. The molecule has 0 aliphatic carbocycles. The number of rotatable bonds is 7. The fourth-order valence-corrected chi connectivity index (χ4v) is 5.41. The van der Waals surface area contributed by atoms with Gasteiger partial charge in [-0.2, -0.15) is 0 Å². The first-order valence-electron chi connectivity index (χ1n) is 12.8. The van der Waals surface area contributed by atoms with E-state index in [4.69, 9.17) is 28.3 Å². The van der Waals surface area contributed by atoms with Gasteiger partial charge in [0.2, 0.25) is 12.8 Å². The third-order valence-corrected chi connectivity index (χ3v) is 7.65. The van der Waals surface area contributed by atoms with E-state index in [0.29, 0.717) is 41.8 Å². The van der Waals surface area contributed by atoms with E-state index in [-0.39, 0.29) is 22.7 Å². The van der Waals surface area contributed by atoms with Gasteiger partial charge in [-0.3, -0.25) is 13.9 Å². The molecule has 0 aromatic heterocycles. The summed E-state index contributed by atoms with van der Waals surface area (Å²) < 4.78 is 16.7. The Morgan fingerprint density at radius 3 is 2.23 bits per heavy atom. The molecule has 2 aromatic rings. The van der Waals surface area contributed by atoms with Crippen LogP contribution in [0, 0.1) is 5.82 Å². The maximum Gasteiger partial charge on any atom is 0.211 e. The Morgan fingerprint density at radius 1 is 1.05 bits per heavy atom. The van der Waals surface area contributed by atoms with Crippen molar-refractivity contribution in [2.24, 2.45) is 0 Å². The summed E-state index contributed by atoms with van der Waals surface area (Å²) in [7, 11) is 0. The lowest BCUT2D eigenvalue weighted by Gasteiger charge is -2.29. The van der Waals surface area contributed by atoms with Gasteiger partial charge < -0.3 is 21.1 Å². The Labute approximate surface area is 245 Å². The fourth-order valence-electron chi connectivity index (χ4n) is 4.48. The Kier molecular flexibility index (Phi) is 14.0. The molecule has 0 spiro atoms. The molecule has 2 fully saturated rings. The maximum atomic E-state index is 14.4. The number of halogens is 3. The Balaban J connectivity index is 0.000000276. The molecule has 0 radical (unpaired) electrons. The second-order valence-electron chi connectivity index (χ2n) is 10.3. The Hall–Kier alpha value is -1.88. The van der Waals surface area contributed by atoms with Gasteiger partial charge in [0.15, 0.2) is 0 Å². The van der Waals surface area contributed by atoms with Crippen molar-refractivity contribution in [3.05, 3.63) is 63.4 Å². The van der Waals surface area contributed by atoms with E-state index in [2.05, 4.69) is 26.5 Å². The topological polar surface area (TPSA) is 93.7 Å². The number of aliphatic hydroxyl groups is 1. The van der Waals surface area contributed by atoms with E-state index in [1.54, 1.807) is 63.1 Å². The van der Waals surface area contributed by atoms with Crippen LogP contribution in [0.5, 0.6) is 0 Å². The van der Waals surface area contributed by atoms with E-state index >= 15 is 0 Å². The third kappa shape index (κ3) is 11.3. The van der Waals surface area contributed by atoms with Crippen LogP contribution in [0.4, 0.5) is 10.1 Å². The molecule has 2 aliphatic rings. The predicted octanol–water partition coefficient (Wildman–Crippen LogP) is 5.42. The van der Waals surface area contributed by atoms with Gasteiger partial charge in [0, 0.05) is 54.8 Å². The van der Waals surface area contributed by atoms with Crippen molar-refractivity contribution in [1.82, 2.24) is 14.9 Å². The summed E-state index contributed by atoms with van der Waals surface area (Å²) in [5.74, 6) is -0.434. The predicted molar refractivity (Wildman–Crippen MR) is 160 cm³/mol. The van der Waals surface area contributed by atoms with Gasteiger partial charge in [0.1, 0.15) is 5.82 Å². The smallest absolute Gasteiger partial charge is 0.211 e. The van der Waals surface area contributed by atoms with Crippen LogP contribution in [0.15, 0.2) is 36.4 Å². The molecular weight excluding hydrogens is 562 g/mol. The van der Waals surface area contributed by atoms with Gasteiger partial charge in [-0.05, 0) is 69.2 Å². The summed E-state index contributed by atoms with van der Waals surface area (Å²) in [6, 6.07) is 10.8. The highest BCUT2D eigenvalue weighted by atomic mass is 35.5. The highest BCUT2D eigenvalue weighted by Gasteiger charge is 2.33. The minimum Gasteiger partial charge on any atom is -0.391 e. The van der Waals surface area contributed by atoms with Crippen molar-refractivity contribution in [2.45, 2.75) is 57.1 Å². The number of carbonyl (C=O) groups is 2. The minimum absolute atomic E-state index is 0.0164. The highest BCUT2D eigenvalue weighted by molar-refractivity contribution is 7.96. The zero-order valence-electron chi connectivity index (χ0n) is 22.8. The van der Waals surface area contributed by atoms with Gasteiger partial charge in [-0.1, -0.05) is 53.3 Å². The molecule has 2 heterocycles. The molecule has 2 amide bonds. The first kappa shape index (κ1) is 33.3. The van der Waals surface area contributed by atoms with Gasteiger partial charge in [-0.15, -0.1) is 0 Å². The van der Waals surface area contributed by atoms with Crippen LogP contribution in [-0.2, 0) is 9.59 Å².